The van der Waals surface area contributed by atoms with Crippen molar-refractivity contribution in [2.45, 2.75) is 269 Å². The molecule has 0 aliphatic rings. The maximum atomic E-state index is 12.1. The van der Waals surface area contributed by atoms with Crippen molar-refractivity contribution in [2.24, 2.45) is 69.9 Å². The van der Waals surface area contributed by atoms with Crippen LogP contribution in [0.5, 0.6) is 5.75 Å². The van der Waals surface area contributed by atoms with Crippen molar-refractivity contribution in [2.75, 3.05) is 20.1 Å². The Bertz CT molecular complexity index is 3960. The number of aromatic nitrogens is 1. The van der Waals surface area contributed by atoms with E-state index in [1.165, 1.54) is 36.1 Å². The highest BCUT2D eigenvalue weighted by Gasteiger charge is 2.17. The molecule has 678 valence electrons. The lowest BCUT2D eigenvalue weighted by atomic mass is 9.93. The highest BCUT2D eigenvalue weighted by Crippen LogP contribution is 2.26. The van der Waals surface area contributed by atoms with E-state index in [0.29, 0.717) is 112 Å². The van der Waals surface area contributed by atoms with Crippen molar-refractivity contribution in [3.63, 3.8) is 0 Å². The number of hydrogen-bond acceptors (Lipinski definition) is 14. The van der Waals surface area contributed by atoms with Gasteiger partial charge in [0.2, 0.25) is 12.4 Å². The van der Waals surface area contributed by atoms with Gasteiger partial charge in [0.05, 0.1) is 10.4 Å². The van der Waals surface area contributed by atoms with Gasteiger partial charge in [0.25, 0.3) is 10.0 Å². The Labute approximate surface area is 721 Å². The van der Waals surface area contributed by atoms with Crippen LogP contribution in [0.15, 0.2) is 150 Å². The van der Waals surface area contributed by atoms with Crippen molar-refractivity contribution < 1.29 is 97.2 Å². The van der Waals surface area contributed by atoms with Gasteiger partial charge in [-0.2, -0.15) is 0 Å². The van der Waals surface area contributed by atoms with E-state index in [4.69, 9.17) is 51.3 Å². The fraction of sp³-hybridized carbons (Fsp3) is 0.558. The maximum absolute atomic E-state index is 12.1. The maximum Gasteiger partial charge on any atom is 0.303 e. The number of nitrogens with one attached hydrogen (secondary N) is 2. The van der Waals surface area contributed by atoms with E-state index < -0.39 is 57.8 Å². The molecular formula is C95H147N5O20S. The molecule has 121 heavy (non-hydrogen) atoms. The predicted molar refractivity (Wildman–Crippen MR) is 482 cm³/mol. The van der Waals surface area contributed by atoms with Gasteiger partial charge in [-0.3, -0.25) is 52.7 Å². The lowest BCUT2D eigenvalue weighted by Crippen LogP contribution is -2.36. The van der Waals surface area contributed by atoms with Gasteiger partial charge in [-0.25, -0.2) is 13.1 Å². The number of benzene rings is 5. The average molecular weight is 1710 g/mol. The molecule has 0 unspecified atom stereocenters. The molecule has 25 nitrogen and oxygen atoms in total. The number of unbranched alkanes of at least 4 members (excludes halogenated alkanes) is 1. The molecule has 0 saturated carbocycles. The zero-order valence-electron chi connectivity index (χ0n) is 74.8. The number of aliphatic carboxylic acids is 8. The van der Waals surface area contributed by atoms with Gasteiger partial charge < -0.3 is 56.6 Å². The van der Waals surface area contributed by atoms with Crippen molar-refractivity contribution in [3.05, 3.63) is 167 Å². The zero-order chi connectivity index (χ0) is 91.8. The standard InChI is InChI=1S/C19H22O3.C16H25N3O4S.C15H17NO3.C12H16O2.C10H21NO2.C9H18O2.C8H16O2.C6H12O2/c1-15(7-12-19(20)21)13-16-8-10-18(11-9-16)22-14-17-5-3-2-4-6-17;1-12(7-10-15(20)21)4-3-11-18-16(17)19-24(22,23)14-8-5-13(2)6-9-14;1-11(6-7-15(18)19)8-12-9-16(10-17)14-5-3-2-4-13(12)14;1-10(7-8-12(13)14)9-11-5-3-2-4-6-11;1-9(6-7-10(12)13)5-3-4-8-11-2;1-7(2)6-8(3)4-5-9(10)11;1-6(2)7(3)4-5-8(9)10;1-5(2)3-4-6(7)8/h2-6,8-11,15H,7,12-14H2,1H3,(H,20,21);5-6,8-9,12H,3-4,7,10-11H2,1-2H3,(H,20,21)(H3,17,18,19);2-5,9-11H,6-8H2,1H3,(H,18,19);2-6,10H,7-9H2,1H3,(H,13,14);9,11H,3-8H2,1-2H3,(H,12,13);7-8H,4-6H2,1-3H3,(H,10,11);6-7H,4-5H2,1-3H3,(H,9,10);5H,3-4H2,1-2H3,(H,7,8)/t15-;12-;11-;10-;9-;8-;7-;/m1011011./s1. The Hall–Kier alpha value is -9.95. The van der Waals surface area contributed by atoms with Gasteiger partial charge in [-0.05, 0) is 229 Å². The fourth-order valence-electron chi connectivity index (χ4n) is 12.0. The number of sulfonamides is 1. The Balaban J connectivity index is 0. The molecule has 12 N–H and O–H groups in total. The number of carboxylic acid groups (broad SMARTS) is 8. The summed E-state index contributed by atoms with van der Waals surface area (Å²) in [5.41, 5.74) is 12.2. The second kappa shape index (κ2) is 67.7. The third-order valence-electron chi connectivity index (χ3n) is 19.6. The van der Waals surface area contributed by atoms with Crippen LogP contribution in [0.25, 0.3) is 10.9 Å². The summed E-state index contributed by atoms with van der Waals surface area (Å²) in [5, 5.41) is 72.1. The number of hydrogen-bond donors (Lipinski definition) is 11. The second-order valence-electron chi connectivity index (χ2n) is 33.0. The first kappa shape index (κ1) is 113. The summed E-state index contributed by atoms with van der Waals surface area (Å²) in [4.78, 5) is 97.6. The summed E-state index contributed by atoms with van der Waals surface area (Å²) in [6.45, 7) is 31.0. The number of aliphatic imine (C=N–C) groups is 1. The highest BCUT2D eigenvalue weighted by atomic mass is 32.2. The quantitative estimate of drug-likeness (QED) is 0.00731. The summed E-state index contributed by atoms with van der Waals surface area (Å²) in [6, 6.07) is 42.5. The lowest BCUT2D eigenvalue weighted by Gasteiger charge is -2.12. The first-order chi connectivity index (χ1) is 57.0. The molecule has 0 fully saturated rings. The average Bonchev–Trinajstić information content (AvgIpc) is 1.67. The third kappa shape index (κ3) is 65.5. The number of aryl methyl sites for hydroxylation is 1. The smallest absolute Gasteiger partial charge is 0.303 e. The Morgan fingerprint density at radius 2 is 0.843 bits per heavy atom. The van der Waals surface area contributed by atoms with Crippen LogP contribution in [0, 0.1) is 66.1 Å². The van der Waals surface area contributed by atoms with E-state index >= 15 is 0 Å². The molecule has 0 amide bonds. The van der Waals surface area contributed by atoms with E-state index in [-0.39, 0.29) is 48.4 Å². The van der Waals surface area contributed by atoms with Crippen molar-refractivity contribution in [1.82, 2.24) is 14.6 Å². The molecule has 0 spiro atoms. The van der Waals surface area contributed by atoms with E-state index in [1.54, 1.807) is 16.7 Å². The van der Waals surface area contributed by atoms with E-state index in [2.05, 4.69) is 102 Å². The van der Waals surface area contributed by atoms with Gasteiger partial charge in [0.1, 0.15) is 12.4 Å². The Morgan fingerprint density at radius 3 is 1.26 bits per heavy atom. The van der Waals surface area contributed by atoms with Gasteiger partial charge in [0.15, 0.2) is 0 Å². The number of nitrogens with two attached hydrogens (primary N) is 1. The molecule has 6 aromatic rings. The normalized spacial score (nSPS) is 12.6. The van der Waals surface area contributed by atoms with Crippen LogP contribution in [0.3, 0.4) is 0 Å². The van der Waals surface area contributed by atoms with Crippen LogP contribution < -0.4 is 20.5 Å². The van der Waals surface area contributed by atoms with Crippen molar-refractivity contribution in [1.29, 1.82) is 0 Å². The fourth-order valence-corrected chi connectivity index (χ4v) is 12.9. The molecule has 26 heteroatoms. The highest BCUT2D eigenvalue weighted by molar-refractivity contribution is 7.90. The molecule has 1 heterocycles. The van der Waals surface area contributed by atoms with Gasteiger partial charge >= 0.3 is 47.8 Å². The van der Waals surface area contributed by atoms with E-state index in [9.17, 15) is 51.6 Å². The summed E-state index contributed by atoms with van der Waals surface area (Å²) in [6.07, 6.45) is 19.5. The number of nitrogens with zero attached hydrogens (tertiary/aromatic N) is 2. The van der Waals surface area contributed by atoms with Crippen molar-refractivity contribution >= 4 is 81.1 Å². The Morgan fingerprint density at radius 1 is 0.446 bits per heavy atom. The molecule has 0 aliphatic heterocycles. The summed E-state index contributed by atoms with van der Waals surface area (Å²) in [5.74, 6) is -0.254. The molecule has 6 rings (SSSR count). The number of carbonyl (C=O) groups is 9. The summed E-state index contributed by atoms with van der Waals surface area (Å²) >= 11 is 0. The first-order valence-electron chi connectivity index (χ1n) is 42.6. The molecule has 0 saturated heterocycles. The molecule has 0 aliphatic carbocycles. The van der Waals surface area contributed by atoms with E-state index in [1.807, 2.05) is 133 Å². The molecule has 7 atom stereocenters. The van der Waals surface area contributed by atoms with Crippen LogP contribution in [-0.2, 0) is 79.0 Å². The number of fused-ring (bicyclic) bond motifs is 1. The van der Waals surface area contributed by atoms with Crippen LogP contribution in [0.2, 0.25) is 0 Å². The molecule has 1 aromatic heterocycles. The van der Waals surface area contributed by atoms with Gasteiger partial charge in [-0.15, -0.1) is 0 Å². The number of ether oxygens (including phenoxy) is 1. The molecule has 0 bridgehead atoms. The second-order valence-corrected chi connectivity index (χ2v) is 34.6. The zero-order valence-corrected chi connectivity index (χ0v) is 75.6. The molecular weight excluding hydrogens is 1560 g/mol. The Kier molecular flexibility index (Phi) is 63.3. The molecule has 0 radical (unpaired) electrons. The number of rotatable bonds is 48. The minimum Gasteiger partial charge on any atom is -0.489 e. The van der Waals surface area contributed by atoms with Gasteiger partial charge in [-0.1, -0.05) is 212 Å². The minimum atomic E-state index is -3.72. The molecule has 5 aromatic carbocycles. The summed E-state index contributed by atoms with van der Waals surface area (Å²) < 4.78 is 33.8. The lowest BCUT2D eigenvalue weighted by molar-refractivity contribution is -0.138. The van der Waals surface area contributed by atoms with Crippen molar-refractivity contribution in [3.8, 4) is 5.75 Å². The topological polar surface area (TPSA) is 426 Å². The number of carbonyl (C=O) groups excluding carboxylic acids is 1. The monoisotopic (exact) mass is 1710 g/mol. The number of para-hydroxylation sites is 1. The van der Waals surface area contributed by atoms with Crippen LogP contribution in [0.4, 0.5) is 0 Å². The number of guanidine groups is 1. The third-order valence-corrected chi connectivity index (χ3v) is 21.0. The van der Waals surface area contributed by atoms with Crippen LogP contribution >= 0.6 is 0 Å². The van der Waals surface area contributed by atoms with Crippen LogP contribution in [-0.4, -0.2) is 134 Å². The first-order valence-corrected chi connectivity index (χ1v) is 44.1. The van der Waals surface area contributed by atoms with Gasteiger partial charge in [0, 0.05) is 69.5 Å². The largest absolute Gasteiger partial charge is 0.489 e. The predicted octanol–water partition coefficient (Wildman–Crippen LogP) is 19.7. The van der Waals surface area contributed by atoms with Crippen LogP contribution in [0.1, 0.15) is 259 Å². The summed E-state index contributed by atoms with van der Waals surface area (Å²) in [7, 11) is -1.77. The van der Waals surface area contributed by atoms with E-state index in [0.717, 1.165) is 117 Å². The number of carboxylic acids is 8. The minimum absolute atomic E-state index is 0.133. The SMILES string of the molecule is CC(C)CCC(=O)O.CC(C)C[C@H](C)CCC(=O)O.CC(C)[C@H](C)CCC(=O)O.CNCCCC[C@H](C)CCC(=O)O.C[C@H](CCC(=O)O)Cc1ccc(OCc2ccccc2)cc1.C[C@H](CCC(=O)O)Cc1ccccc1.C[C@H](CCC(=O)O)Cc1cn(C=O)c2ccccc12.Cc1ccc(S(=O)(=O)NC(N)=NCCC[C@H](C)CCC(=O)O)cc1.